The number of nitrogens with zero attached hydrogens (tertiary/aromatic N) is 1. The van der Waals surface area contributed by atoms with E-state index in [-0.39, 0.29) is 42.7 Å². The first-order chi connectivity index (χ1) is 17.0. The van der Waals surface area contributed by atoms with Crippen molar-refractivity contribution < 1.29 is 23.9 Å². The molecule has 1 saturated heterocycles. The van der Waals surface area contributed by atoms with Gasteiger partial charge in [-0.25, -0.2) is 0 Å². The Kier molecular flexibility index (Phi) is 6.60. The van der Waals surface area contributed by atoms with Crippen LogP contribution in [0.1, 0.15) is 61.3 Å². The molecule has 2 aromatic rings. The van der Waals surface area contributed by atoms with E-state index in [1.165, 1.54) is 10.5 Å². The Morgan fingerprint density at radius 1 is 1.11 bits per heavy atom. The topological polar surface area (TPSA) is 84.9 Å². The second-order valence-corrected chi connectivity index (χ2v) is 9.78. The Labute approximate surface area is 205 Å². The Bertz CT molecular complexity index is 1110. The molecule has 2 aliphatic heterocycles. The van der Waals surface area contributed by atoms with Crippen molar-refractivity contribution in [1.82, 2.24) is 10.2 Å². The summed E-state index contributed by atoms with van der Waals surface area (Å²) in [5.74, 6) is -0.0446. The van der Waals surface area contributed by atoms with E-state index in [1.54, 1.807) is 31.4 Å². The number of methoxy groups -OCH3 is 1. The highest BCUT2D eigenvalue weighted by Crippen LogP contribution is 2.43. The SMILES string of the molecule is COc1ccc(C2(CC(=O)NCC3OCCc4ccccc43)CC(=O)N(C3CCCC3)C2=O)cc1. The lowest BCUT2D eigenvalue weighted by Crippen LogP contribution is -2.45. The minimum Gasteiger partial charge on any atom is -0.497 e. The first-order valence-electron chi connectivity index (χ1n) is 12.5. The number of amides is 3. The zero-order valence-electron chi connectivity index (χ0n) is 20.1. The van der Waals surface area contributed by atoms with Crippen LogP contribution in [0.3, 0.4) is 0 Å². The molecular formula is C28H32N2O5. The fourth-order valence-corrected chi connectivity index (χ4v) is 5.86. The number of fused-ring (bicyclic) bond motifs is 1. The van der Waals surface area contributed by atoms with Gasteiger partial charge in [0.1, 0.15) is 11.9 Å². The normalized spacial score (nSPS) is 24.5. The van der Waals surface area contributed by atoms with Crippen LogP contribution in [-0.2, 0) is 31.0 Å². The number of hydrogen-bond donors (Lipinski definition) is 1. The lowest BCUT2D eigenvalue weighted by atomic mass is 9.75. The van der Waals surface area contributed by atoms with Crippen molar-refractivity contribution in [1.29, 1.82) is 0 Å². The Morgan fingerprint density at radius 3 is 2.60 bits per heavy atom. The Hall–Kier alpha value is -3.19. The molecule has 1 saturated carbocycles. The fraction of sp³-hybridized carbons (Fsp3) is 0.464. The molecular weight excluding hydrogens is 444 g/mol. The third kappa shape index (κ3) is 4.45. The number of likely N-dealkylation sites (tertiary alicyclic amines) is 1. The zero-order chi connectivity index (χ0) is 24.4. The second-order valence-electron chi connectivity index (χ2n) is 9.78. The maximum atomic E-state index is 13.9. The number of benzene rings is 2. The van der Waals surface area contributed by atoms with Crippen LogP contribution in [0.4, 0.5) is 0 Å². The quantitative estimate of drug-likeness (QED) is 0.619. The average Bonchev–Trinajstić information content (AvgIpc) is 3.49. The minimum atomic E-state index is -1.21. The van der Waals surface area contributed by atoms with Gasteiger partial charge in [-0.1, -0.05) is 49.2 Å². The van der Waals surface area contributed by atoms with Gasteiger partial charge in [-0.2, -0.15) is 0 Å². The smallest absolute Gasteiger partial charge is 0.241 e. The first-order valence-corrected chi connectivity index (χ1v) is 12.5. The van der Waals surface area contributed by atoms with E-state index in [2.05, 4.69) is 11.4 Å². The highest BCUT2D eigenvalue weighted by Gasteiger charge is 2.55. The number of hydrogen-bond acceptors (Lipinski definition) is 5. The van der Waals surface area contributed by atoms with Crippen LogP contribution in [0.25, 0.3) is 0 Å². The van der Waals surface area contributed by atoms with Crippen molar-refractivity contribution in [2.75, 3.05) is 20.3 Å². The summed E-state index contributed by atoms with van der Waals surface area (Å²) in [6, 6.07) is 15.2. The highest BCUT2D eigenvalue weighted by atomic mass is 16.5. The van der Waals surface area contributed by atoms with Crippen LogP contribution < -0.4 is 10.1 Å². The number of carbonyl (C=O) groups excluding carboxylic acids is 3. The summed E-state index contributed by atoms with van der Waals surface area (Å²) in [5, 5.41) is 2.99. The van der Waals surface area contributed by atoms with Gasteiger partial charge >= 0.3 is 0 Å². The molecule has 2 atom stereocenters. The Morgan fingerprint density at radius 2 is 1.86 bits per heavy atom. The van der Waals surface area contributed by atoms with E-state index in [1.807, 2.05) is 18.2 Å². The lowest BCUT2D eigenvalue weighted by molar-refractivity contribution is -0.143. The summed E-state index contributed by atoms with van der Waals surface area (Å²) < 4.78 is 11.2. The number of rotatable bonds is 7. The number of imide groups is 1. The molecule has 7 nitrogen and oxygen atoms in total. The predicted octanol–water partition coefficient (Wildman–Crippen LogP) is 3.45. The highest BCUT2D eigenvalue weighted by molar-refractivity contribution is 6.11. The van der Waals surface area contributed by atoms with Gasteiger partial charge < -0.3 is 14.8 Å². The van der Waals surface area contributed by atoms with Crippen molar-refractivity contribution in [3.63, 3.8) is 0 Å². The largest absolute Gasteiger partial charge is 0.497 e. The first kappa shape index (κ1) is 23.5. The summed E-state index contributed by atoms with van der Waals surface area (Å²) in [4.78, 5) is 41.7. The third-order valence-corrected chi connectivity index (χ3v) is 7.72. The Balaban J connectivity index is 1.37. The molecule has 5 rings (SSSR count). The second kappa shape index (κ2) is 9.82. The fourth-order valence-electron chi connectivity index (χ4n) is 5.86. The summed E-state index contributed by atoms with van der Waals surface area (Å²) >= 11 is 0. The number of carbonyl (C=O) groups is 3. The van der Waals surface area contributed by atoms with Gasteiger partial charge in [0.2, 0.25) is 17.7 Å². The lowest BCUT2D eigenvalue weighted by Gasteiger charge is -2.30. The van der Waals surface area contributed by atoms with E-state index in [0.717, 1.165) is 37.7 Å². The number of nitrogens with one attached hydrogen (secondary N) is 1. The van der Waals surface area contributed by atoms with Gasteiger partial charge in [0, 0.05) is 25.4 Å². The van der Waals surface area contributed by atoms with Crippen LogP contribution in [0.15, 0.2) is 48.5 Å². The van der Waals surface area contributed by atoms with Crippen LogP contribution in [0.5, 0.6) is 5.75 Å². The van der Waals surface area contributed by atoms with E-state index in [4.69, 9.17) is 9.47 Å². The molecule has 1 aliphatic carbocycles. The third-order valence-electron chi connectivity index (χ3n) is 7.72. The summed E-state index contributed by atoms with van der Waals surface area (Å²) in [6.45, 7) is 0.930. The van der Waals surface area contributed by atoms with E-state index < -0.39 is 5.41 Å². The molecule has 0 radical (unpaired) electrons. The summed E-state index contributed by atoms with van der Waals surface area (Å²) in [5.41, 5.74) is 1.79. The molecule has 0 spiro atoms. The van der Waals surface area contributed by atoms with Crippen LogP contribution in [0.2, 0.25) is 0 Å². The van der Waals surface area contributed by atoms with Gasteiger partial charge in [0.15, 0.2) is 0 Å². The molecule has 3 aliphatic rings. The van der Waals surface area contributed by atoms with Crippen LogP contribution >= 0.6 is 0 Å². The summed E-state index contributed by atoms with van der Waals surface area (Å²) in [7, 11) is 1.58. The van der Waals surface area contributed by atoms with Crippen molar-refractivity contribution in [3.8, 4) is 5.75 Å². The maximum absolute atomic E-state index is 13.9. The van der Waals surface area contributed by atoms with Crippen molar-refractivity contribution in [2.45, 2.75) is 62.5 Å². The van der Waals surface area contributed by atoms with Gasteiger partial charge in [0.05, 0.1) is 19.1 Å². The van der Waals surface area contributed by atoms with Crippen molar-refractivity contribution in [2.24, 2.45) is 0 Å². The predicted molar refractivity (Wildman–Crippen MR) is 130 cm³/mol. The van der Waals surface area contributed by atoms with Gasteiger partial charge in [-0.15, -0.1) is 0 Å². The average molecular weight is 477 g/mol. The molecule has 2 heterocycles. The van der Waals surface area contributed by atoms with Gasteiger partial charge in [0.25, 0.3) is 0 Å². The van der Waals surface area contributed by atoms with Gasteiger partial charge in [-0.05, 0) is 48.1 Å². The van der Waals surface area contributed by atoms with Crippen LogP contribution in [-0.4, -0.2) is 48.9 Å². The molecule has 1 N–H and O–H groups in total. The molecule has 3 amide bonds. The molecule has 35 heavy (non-hydrogen) atoms. The number of ether oxygens (including phenoxy) is 2. The monoisotopic (exact) mass is 476 g/mol. The van der Waals surface area contributed by atoms with E-state index in [9.17, 15) is 14.4 Å². The minimum absolute atomic E-state index is 0.00481. The van der Waals surface area contributed by atoms with Crippen molar-refractivity contribution in [3.05, 3.63) is 65.2 Å². The molecule has 2 unspecified atom stereocenters. The molecule has 184 valence electrons. The molecule has 2 aromatic carbocycles. The van der Waals surface area contributed by atoms with E-state index in [0.29, 0.717) is 24.5 Å². The van der Waals surface area contributed by atoms with Crippen LogP contribution in [0, 0.1) is 0 Å². The summed E-state index contributed by atoms with van der Waals surface area (Å²) in [6.07, 6.45) is 4.25. The maximum Gasteiger partial charge on any atom is 0.241 e. The molecule has 2 fully saturated rings. The molecule has 0 bridgehead atoms. The standard InChI is InChI=1S/C28H32N2O5/c1-34-22-12-10-20(11-13-22)28(17-26(32)30(27(28)33)21-7-3-4-8-21)16-25(31)29-18-24-23-9-5-2-6-19(23)14-15-35-24/h2,5-6,9-13,21,24H,3-4,7-8,14-18H2,1H3,(H,29,31). The van der Waals surface area contributed by atoms with Crippen molar-refractivity contribution >= 4 is 17.7 Å². The van der Waals surface area contributed by atoms with Gasteiger partial charge in [-0.3, -0.25) is 19.3 Å². The molecule has 0 aromatic heterocycles. The van der Waals surface area contributed by atoms with E-state index >= 15 is 0 Å². The molecule has 7 heteroatoms. The zero-order valence-corrected chi connectivity index (χ0v) is 20.1.